The summed E-state index contributed by atoms with van der Waals surface area (Å²) >= 11 is 1.46. The maximum atomic E-state index is 5.67. The number of aromatic nitrogens is 2. The van der Waals surface area contributed by atoms with Crippen molar-refractivity contribution < 1.29 is 9.47 Å². The summed E-state index contributed by atoms with van der Waals surface area (Å²) in [4.78, 5) is 4.61. The van der Waals surface area contributed by atoms with Gasteiger partial charge in [0.25, 0.3) is 0 Å². The van der Waals surface area contributed by atoms with Crippen LogP contribution in [-0.4, -0.2) is 22.6 Å². The van der Waals surface area contributed by atoms with Gasteiger partial charge >= 0.3 is 0 Å². The van der Waals surface area contributed by atoms with Gasteiger partial charge in [0.1, 0.15) is 19.0 Å². The van der Waals surface area contributed by atoms with Crippen LogP contribution in [0.5, 0.6) is 11.5 Å². The summed E-state index contributed by atoms with van der Waals surface area (Å²) in [6, 6.07) is 6.36. The number of ether oxygens (including phenoxy) is 2. The Bertz CT molecular complexity index is 669. The Labute approximate surface area is 133 Å². The van der Waals surface area contributed by atoms with E-state index in [1.54, 1.807) is 0 Å². The lowest BCUT2D eigenvalue weighted by atomic mass is 10.0. The topological polar surface area (TPSA) is 56.3 Å². The maximum absolute atomic E-state index is 5.67. The zero-order chi connectivity index (χ0) is 14.9. The molecule has 1 fully saturated rings. The molecule has 1 atom stereocenters. The van der Waals surface area contributed by atoms with E-state index in [9.17, 15) is 0 Å². The van der Waals surface area contributed by atoms with Crippen LogP contribution in [0.4, 0.5) is 5.13 Å². The Hall–Kier alpha value is -1.82. The zero-order valence-electron chi connectivity index (χ0n) is 12.5. The van der Waals surface area contributed by atoms with Crippen molar-refractivity contribution in [1.29, 1.82) is 0 Å². The number of benzene rings is 1. The first-order valence-corrected chi connectivity index (χ1v) is 8.60. The summed E-state index contributed by atoms with van der Waals surface area (Å²) in [6.45, 7) is 3.40. The quantitative estimate of drug-likeness (QED) is 0.910. The summed E-state index contributed by atoms with van der Waals surface area (Å²) in [5.41, 5.74) is 1.19. The smallest absolute Gasteiger partial charge is 0.203 e. The fourth-order valence-corrected chi connectivity index (χ4v) is 3.35. The van der Waals surface area contributed by atoms with Gasteiger partial charge in [0.05, 0.1) is 6.04 Å². The summed E-state index contributed by atoms with van der Waals surface area (Å²) in [7, 11) is 0. The lowest BCUT2D eigenvalue weighted by Crippen LogP contribution is -2.16. The fourth-order valence-electron chi connectivity index (χ4n) is 2.65. The van der Waals surface area contributed by atoms with Crippen molar-refractivity contribution in [3.63, 3.8) is 0 Å². The molecule has 1 unspecified atom stereocenters. The molecule has 1 N–H and O–H groups in total. The summed E-state index contributed by atoms with van der Waals surface area (Å²) < 4.78 is 15.7. The van der Waals surface area contributed by atoms with E-state index in [2.05, 4.69) is 33.7 Å². The number of fused-ring (bicyclic) bond motifs is 1. The maximum Gasteiger partial charge on any atom is 0.203 e. The number of nitrogens with one attached hydrogen (secondary N) is 1. The number of anilines is 1. The van der Waals surface area contributed by atoms with E-state index in [1.807, 2.05) is 6.07 Å². The Kier molecular flexibility index (Phi) is 3.62. The van der Waals surface area contributed by atoms with Crippen molar-refractivity contribution in [2.45, 2.75) is 38.1 Å². The van der Waals surface area contributed by atoms with Crippen LogP contribution in [0.2, 0.25) is 0 Å². The largest absolute Gasteiger partial charge is 0.486 e. The van der Waals surface area contributed by atoms with Gasteiger partial charge < -0.3 is 14.8 Å². The number of nitrogens with zero attached hydrogens (tertiary/aromatic N) is 2. The summed E-state index contributed by atoms with van der Waals surface area (Å²) in [6.07, 6.45) is 3.43. The highest BCUT2D eigenvalue weighted by molar-refractivity contribution is 7.09. The predicted molar refractivity (Wildman–Crippen MR) is 86.0 cm³/mol. The molecule has 1 aliphatic carbocycles. The highest BCUT2D eigenvalue weighted by Gasteiger charge is 2.28. The molecule has 116 valence electrons. The molecule has 0 bridgehead atoms. The van der Waals surface area contributed by atoms with Gasteiger partial charge in [0.2, 0.25) is 5.13 Å². The van der Waals surface area contributed by atoms with Crippen LogP contribution in [0.15, 0.2) is 18.2 Å². The fraction of sp³-hybridized carbons (Fsp3) is 0.500. The van der Waals surface area contributed by atoms with E-state index in [0.717, 1.165) is 28.9 Å². The van der Waals surface area contributed by atoms with Crippen LogP contribution < -0.4 is 14.8 Å². The Morgan fingerprint density at radius 2 is 2.09 bits per heavy atom. The average molecular weight is 317 g/mol. The number of hydrogen-bond acceptors (Lipinski definition) is 6. The molecular weight excluding hydrogens is 298 g/mol. The molecule has 1 aliphatic heterocycles. The second-order valence-corrected chi connectivity index (χ2v) is 6.49. The zero-order valence-corrected chi connectivity index (χ0v) is 13.4. The van der Waals surface area contributed by atoms with Gasteiger partial charge in [-0.3, -0.25) is 0 Å². The molecule has 1 aromatic carbocycles. The third-order valence-corrected chi connectivity index (χ3v) is 4.72. The molecule has 0 amide bonds. The van der Waals surface area contributed by atoms with E-state index in [0.29, 0.717) is 19.1 Å². The van der Waals surface area contributed by atoms with E-state index in [4.69, 9.17) is 9.47 Å². The monoisotopic (exact) mass is 317 g/mol. The molecule has 0 spiro atoms. The second-order valence-electron chi connectivity index (χ2n) is 5.74. The Morgan fingerprint density at radius 3 is 2.86 bits per heavy atom. The number of rotatable bonds is 5. The van der Waals surface area contributed by atoms with Gasteiger partial charge in [-0.05, 0) is 37.0 Å². The number of hydrogen-bond donors (Lipinski definition) is 1. The third kappa shape index (κ3) is 2.75. The predicted octanol–water partition coefficient (Wildman–Crippen LogP) is 3.75. The molecule has 4 rings (SSSR count). The molecule has 6 heteroatoms. The second kappa shape index (κ2) is 5.76. The first kappa shape index (κ1) is 13.8. The van der Waals surface area contributed by atoms with Crippen molar-refractivity contribution >= 4 is 16.7 Å². The van der Waals surface area contributed by atoms with E-state index >= 15 is 0 Å². The molecular formula is C16H19N3O2S. The molecule has 0 saturated heterocycles. The van der Waals surface area contributed by atoms with Crippen molar-refractivity contribution in [3.05, 3.63) is 29.6 Å². The minimum absolute atomic E-state index is 0.204. The molecule has 1 aromatic heterocycles. The first-order valence-electron chi connectivity index (χ1n) is 7.83. The van der Waals surface area contributed by atoms with Gasteiger partial charge in [0, 0.05) is 17.5 Å². The SMILES string of the molecule is CCC(Nc1nc(C2CC2)ns1)c1ccc2c(c1)OCCO2. The lowest BCUT2D eigenvalue weighted by molar-refractivity contribution is 0.171. The Balaban J connectivity index is 1.52. The molecule has 0 radical (unpaired) electrons. The van der Waals surface area contributed by atoms with Crippen molar-refractivity contribution in [2.24, 2.45) is 0 Å². The van der Waals surface area contributed by atoms with E-state index < -0.39 is 0 Å². The van der Waals surface area contributed by atoms with Crippen molar-refractivity contribution in [2.75, 3.05) is 18.5 Å². The third-order valence-electron chi connectivity index (χ3n) is 4.06. The van der Waals surface area contributed by atoms with Gasteiger partial charge in [-0.15, -0.1) is 0 Å². The van der Waals surface area contributed by atoms with Crippen LogP contribution in [-0.2, 0) is 0 Å². The van der Waals surface area contributed by atoms with Gasteiger partial charge in [-0.25, -0.2) is 4.98 Å². The molecule has 2 heterocycles. The molecule has 22 heavy (non-hydrogen) atoms. The van der Waals surface area contributed by atoms with E-state index in [1.165, 1.54) is 29.9 Å². The minimum atomic E-state index is 0.204. The van der Waals surface area contributed by atoms with Crippen LogP contribution >= 0.6 is 11.5 Å². The highest BCUT2D eigenvalue weighted by atomic mass is 32.1. The molecule has 2 aliphatic rings. The highest BCUT2D eigenvalue weighted by Crippen LogP contribution is 2.40. The molecule has 1 saturated carbocycles. The Morgan fingerprint density at radius 1 is 1.27 bits per heavy atom. The minimum Gasteiger partial charge on any atom is -0.486 e. The lowest BCUT2D eigenvalue weighted by Gasteiger charge is -2.22. The van der Waals surface area contributed by atoms with Crippen molar-refractivity contribution in [1.82, 2.24) is 9.36 Å². The normalized spacial score (nSPS) is 18.0. The van der Waals surface area contributed by atoms with Crippen LogP contribution in [0.1, 0.15) is 49.5 Å². The van der Waals surface area contributed by atoms with Crippen molar-refractivity contribution in [3.8, 4) is 11.5 Å². The van der Waals surface area contributed by atoms with Crippen LogP contribution in [0, 0.1) is 0 Å². The van der Waals surface area contributed by atoms with Gasteiger partial charge in [-0.1, -0.05) is 13.0 Å². The van der Waals surface area contributed by atoms with E-state index in [-0.39, 0.29) is 6.04 Å². The standard InChI is InChI=1S/C16H19N3O2S/c1-2-12(17-16-18-15(19-22-16)10-3-4-10)11-5-6-13-14(9-11)21-8-7-20-13/h5-6,9-10,12H,2-4,7-8H2,1H3,(H,17,18,19). The summed E-state index contributed by atoms with van der Waals surface area (Å²) in [5.74, 6) is 3.27. The molecule has 2 aromatic rings. The average Bonchev–Trinajstić information content (AvgIpc) is 3.31. The van der Waals surface area contributed by atoms with Crippen LogP contribution in [0.25, 0.3) is 0 Å². The van der Waals surface area contributed by atoms with Crippen LogP contribution in [0.3, 0.4) is 0 Å². The first-order chi connectivity index (χ1) is 10.8. The summed E-state index contributed by atoms with van der Waals surface area (Å²) in [5, 5.41) is 4.41. The molecule has 5 nitrogen and oxygen atoms in total. The van der Waals surface area contributed by atoms with Gasteiger partial charge in [-0.2, -0.15) is 4.37 Å². The van der Waals surface area contributed by atoms with Gasteiger partial charge in [0.15, 0.2) is 11.5 Å².